The molecule has 1 aromatic carbocycles. The second kappa shape index (κ2) is 7.52. The van der Waals surface area contributed by atoms with Crippen molar-refractivity contribution in [3.05, 3.63) is 35.6 Å². The molecule has 2 N–H and O–H groups in total. The highest BCUT2D eigenvalue weighted by molar-refractivity contribution is 5.77. The zero-order valence-corrected chi connectivity index (χ0v) is 13.0. The molecule has 0 saturated heterocycles. The zero-order valence-electron chi connectivity index (χ0n) is 13.0. The summed E-state index contributed by atoms with van der Waals surface area (Å²) in [6.07, 6.45) is -0.392. The fourth-order valence-electron chi connectivity index (χ4n) is 1.81. The van der Waals surface area contributed by atoms with E-state index in [1.54, 1.807) is 0 Å². The van der Waals surface area contributed by atoms with Crippen molar-refractivity contribution in [1.29, 1.82) is 0 Å². The lowest BCUT2D eigenvalue weighted by molar-refractivity contribution is -0.131. The molecule has 0 aliphatic rings. The van der Waals surface area contributed by atoms with Crippen molar-refractivity contribution >= 4 is 5.91 Å². The predicted octanol–water partition coefficient (Wildman–Crippen LogP) is 2.57. The van der Waals surface area contributed by atoms with Crippen molar-refractivity contribution < 1.29 is 19.0 Å². The first-order chi connectivity index (χ1) is 9.67. The number of hydrogen-bond donors (Lipinski definition) is 2. The molecule has 0 heterocycles. The fraction of sp³-hybridized carbons (Fsp3) is 0.562. The van der Waals surface area contributed by atoms with Gasteiger partial charge < -0.3 is 15.2 Å². The smallest absolute Gasteiger partial charge is 0.246 e. The zero-order chi connectivity index (χ0) is 16.0. The largest absolute Gasteiger partial charge is 0.388 e. The molecule has 0 aromatic heterocycles. The summed E-state index contributed by atoms with van der Waals surface area (Å²) < 4.78 is 18.2. The summed E-state index contributed by atoms with van der Waals surface area (Å²) in [4.78, 5) is 11.7. The number of rotatable bonds is 6. The third-order valence-electron chi connectivity index (χ3n) is 2.88. The van der Waals surface area contributed by atoms with E-state index in [1.165, 1.54) is 24.3 Å². The monoisotopic (exact) mass is 297 g/mol. The van der Waals surface area contributed by atoms with Crippen LogP contribution in [0.2, 0.25) is 0 Å². The molecule has 2 atom stereocenters. The molecular formula is C16H24FNO3. The molecule has 0 saturated carbocycles. The number of aliphatic hydroxyl groups excluding tert-OH is 1. The summed E-state index contributed by atoms with van der Waals surface area (Å²) in [5.41, 5.74) is 0.261. The molecule has 0 bridgehead atoms. The lowest BCUT2D eigenvalue weighted by Crippen LogP contribution is -2.38. The Balaban J connectivity index is 2.40. The molecule has 2 unspecified atom stereocenters. The number of hydrogen-bond acceptors (Lipinski definition) is 3. The highest BCUT2D eigenvalue weighted by Crippen LogP contribution is 2.18. The number of carbonyl (C=O) groups excluding carboxylic acids is 1. The Morgan fingerprint density at radius 1 is 1.33 bits per heavy atom. The van der Waals surface area contributed by atoms with Crippen molar-refractivity contribution in [3.63, 3.8) is 0 Å². The van der Waals surface area contributed by atoms with Crippen LogP contribution in [0, 0.1) is 5.82 Å². The van der Waals surface area contributed by atoms with Gasteiger partial charge in [-0.1, -0.05) is 12.1 Å². The summed E-state index contributed by atoms with van der Waals surface area (Å²) in [6, 6.07) is 5.48. The number of halogens is 1. The van der Waals surface area contributed by atoms with Gasteiger partial charge in [0.2, 0.25) is 5.91 Å². The van der Waals surface area contributed by atoms with Crippen LogP contribution in [0.25, 0.3) is 0 Å². The van der Waals surface area contributed by atoms with Crippen molar-refractivity contribution in [3.8, 4) is 0 Å². The standard InChI is InChI=1S/C16H24FNO3/c1-11(18-15(20)10-21-16(2,3)4)9-14(19)12-5-7-13(17)8-6-12/h5-8,11,14,19H,9-10H2,1-4H3,(H,18,20). The Morgan fingerprint density at radius 3 is 2.43 bits per heavy atom. The van der Waals surface area contributed by atoms with E-state index in [1.807, 2.05) is 27.7 Å². The van der Waals surface area contributed by atoms with E-state index < -0.39 is 6.10 Å². The van der Waals surface area contributed by atoms with Gasteiger partial charge in [0.1, 0.15) is 12.4 Å². The Kier molecular flexibility index (Phi) is 6.30. The summed E-state index contributed by atoms with van der Waals surface area (Å²) in [7, 11) is 0. The van der Waals surface area contributed by atoms with Gasteiger partial charge in [-0.2, -0.15) is 0 Å². The Labute approximate surface area is 125 Å². The number of aliphatic hydroxyl groups is 1. The minimum Gasteiger partial charge on any atom is -0.388 e. The molecule has 118 valence electrons. The van der Waals surface area contributed by atoms with Crippen LogP contribution in [0.15, 0.2) is 24.3 Å². The number of amides is 1. The van der Waals surface area contributed by atoms with Crippen molar-refractivity contribution in [2.24, 2.45) is 0 Å². The van der Waals surface area contributed by atoms with E-state index in [2.05, 4.69) is 5.32 Å². The lowest BCUT2D eigenvalue weighted by atomic mass is 10.0. The highest BCUT2D eigenvalue weighted by Gasteiger charge is 2.17. The van der Waals surface area contributed by atoms with Crippen LogP contribution < -0.4 is 5.32 Å². The molecule has 0 fully saturated rings. The second-order valence-electron chi connectivity index (χ2n) is 6.17. The lowest BCUT2D eigenvalue weighted by Gasteiger charge is -2.21. The van der Waals surface area contributed by atoms with E-state index in [0.29, 0.717) is 12.0 Å². The quantitative estimate of drug-likeness (QED) is 0.848. The normalized spacial score (nSPS) is 14.6. The van der Waals surface area contributed by atoms with Crippen LogP contribution in [0.3, 0.4) is 0 Å². The third-order valence-corrected chi connectivity index (χ3v) is 2.88. The van der Waals surface area contributed by atoms with E-state index >= 15 is 0 Å². The van der Waals surface area contributed by atoms with E-state index in [9.17, 15) is 14.3 Å². The third kappa shape index (κ3) is 7.20. The summed E-state index contributed by atoms with van der Waals surface area (Å²) >= 11 is 0. The number of benzene rings is 1. The van der Waals surface area contributed by atoms with Gasteiger partial charge in [0.05, 0.1) is 11.7 Å². The van der Waals surface area contributed by atoms with Gasteiger partial charge in [-0.05, 0) is 51.8 Å². The second-order valence-corrected chi connectivity index (χ2v) is 6.17. The molecule has 1 aromatic rings. The Bertz CT molecular complexity index is 454. The Hall–Kier alpha value is -1.46. The molecule has 0 spiro atoms. The van der Waals surface area contributed by atoms with Crippen molar-refractivity contribution in [1.82, 2.24) is 5.32 Å². The first-order valence-electron chi connectivity index (χ1n) is 7.04. The summed E-state index contributed by atoms with van der Waals surface area (Å²) in [5, 5.41) is 12.8. The van der Waals surface area contributed by atoms with E-state index in [4.69, 9.17) is 4.74 Å². The van der Waals surface area contributed by atoms with Crippen LogP contribution in [0.4, 0.5) is 4.39 Å². The maximum absolute atomic E-state index is 12.8. The molecule has 0 aliphatic carbocycles. The molecule has 5 heteroatoms. The van der Waals surface area contributed by atoms with Crippen molar-refractivity contribution in [2.45, 2.75) is 51.9 Å². The molecule has 0 radical (unpaired) electrons. The summed E-state index contributed by atoms with van der Waals surface area (Å²) in [6.45, 7) is 7.42. The van der Waals surface area contributed by atoms with Crippen LogP contribution in [0.5, 0.6) is 0 Å². The van der Waals surface area contributed by atoms with Gasteiger partial charge >= 0.3 is 0 Å². The van der Waals surface area contributed by atoms with Crippen LogP contribution >= 0.6 is 0 Å². The first kappa shape index (κ1) is 17.6. The molecular weight excluding hydrogens is 273 g/mol. The van der Waals surface area contributed by atoms with Crippen LogP contribution in [-0.2, 0) is 9.53 Å². The molecule has 4 nitrogen and oxygen atoms in total. The van der Waals surface area contributed by atoms with Gasteiger partial charge in [-0.25, -0.2) is 4.39 Å². The average Bonchev–Trinajstić information content (AvgIpc) is 2.36. The fourth-order valence-corrected chi connectivity index (χ4v) is 1.81. The van der Waals surface area contributed by atoms with Crippen LogP contribution in [0.1, 0.15) is 45.8 Å². The van der Waals surface area contributed by atoms with Gasteiger partial charge in [-0.15, -0.1) is 0 Å². The topological polar surface area (TPSA) is 58.6 Å². The molecule has 21 heavy (non-hydrogen) atoms. The minimum absolute atomic E-state index is 0.0134. The minimum atomic E-state index is -0.746. The van der Waals surface area contributed by atoms with E-state index in [-0.39, 0.29) is 30.0 Å². The highest BCUT2D eigenvalue weighted by atomic mass is 19.1. The number of carbonyl (C=O) groups is 1. The molecule has 1 amide bonds. The van der Waals surface area contributed by atoms with Gasteiger partial charge in [-0.3, -0.25) is 4.79 Å². The van der Waals surface area contributed by atoms with E-state index in [0.717, 1.165) is 0 Å². The van der Waals surface area contributed by atoms with Gasteiger partial charge in [0.15, 0.2) is 0 Å². The number of ether oxygens (including phenoxy) is 1. The van der Waals surface area contributed by atoms with Crippen LogP contribution in [-0.4, -0.2) is 29.3 Å². The maximum atomic E-state index is 12.8. The Morgan fingerprint density at radius 2 is 1.90 bits per heavy atom. The molecule has 1 rings (SSSR count). The predicted molar refractivity (Wildman–Crippen MR) is 79.3 cm³/mol. The molecule has 0 aliphatic heterocycles. The first-order valence-corrected chi connectivity index (χ1v) is 7.04. The van der Waals surface area contributed by atoms with Crippen molar-refractivity contribution in [2.75, 3.05) is 6.61 Å². The average molecular weight is 297 g/mol. The maximum Gasteiger partial charge on any atom is 0.246 e. The number of nitrogens with one attached hydrogen (secondary N) is 1. The van der Waals surface area contributed by atoms with Gasteiger partial charge in [0.25, 0.3) is 0 Å². The summed E-state index contributed by atoms with van der Waals surface area (Å²) in [5.74, 6) is -0.560. The van der Waals surface area contributed by atoms with Gasteiger partial charge in [0, 0.05) is 6.04 Å². The SMILES string of the molecule is CC(CC(O)c1ccc(F)cc1)NC(=O)COC(C)(C)C.